The Morgan fingerprint density at radius 3 is 2.67 bits per heavy atom. The molecule has 0 spiro atoms. The van der Waals surface area contributed by atoms with Gasteiger partial charge in [-0.15, -0.1) is 0 Å². The first-order valence-electron chi connectivity index (χ1n) is 7.51. The van der Waals surface area contributed by atoms with Crippen molar-refractivity contribution in [1.29, 1.82) is 0 Å². The van der Waals surface area contributed by atoms with Crippen LogP contribution in [0, 0.1) is 26.6 Å². The zero-order chi connectivity index (χ0) is 15.4. The van der Waals surface area contributed by atoms with Crippen LogP contribution in [-0.2, 0) is 13.1 Å². The Balaban J connectivity index is 2.19. The molecule has 0 saturated carbocycles. The second-order valence-electron chi connectivity index (χ2n) is 5.55. The Labute approximate surface area is 126 Å². The summed E-state index contributed by atoms with van der Waals surface area (Å²) in [6.45, 7) is 10.8. The summed E-state index contributed by atoms with van der Waals surface area (Å²) >= 11 is 0. The van der Waals surface area contributed by atoms with E-state index in [1.54, 1.807) is 6.07 Å². The number of nitrogens with zero attached hydrogens (tertiary/aromatic N) is 2. The first-order valence-corrected chi connectivity index (χ1v) is 7.51. The van der Waals surface area contributed by atoms with Crippen molar-refractivity contribution in [3.05, 3.63) is 52.1 Å². The number of halogens is 1. The van der Waals surface area contributed by atoms with Gasteiger partial charge in [0.25, 0.3) is 0 Å². The summed E-state index contributed by atoms with van der Waals surface area (Å²) in [6.07, 6.45) is 1.13. The molecule has 1 heterocycles. The molecule has 4 heteroatoms. The van der Waals surface area contributed by atoms with Crippen LogP contribution in [0.3, 0.4) is 0 Å². The molecule has 1 aromatic carbocycles. The predicted molar refractivity (Wildman–Crippen MR) is 83.9 cm³/mol. The molecule has 1 aromatic heterocycles. The van der Waals surface area contributed by atoms with Gasteiger partial charge < -0.3 is 5.32 Å². The first-order chi connectivity index (χ1) is 10.0. The Morgan fingerprint density at radius 1 is 1.24 bits per heavy atom. The molecule has 0 unspecified atom stereocenters. The van der Waals surface area contributed by atoms with Crippen molar-refractivity contribution in [1.82, 2.24) is 15.1 Å². The second-order valence-corrected chi connectivity index (χ2v) is 5.55. The van der Waals surface area contributed by atoms with E-state index in [0.29, 0.717) is 6.54 Å². The molecule has 2 rings (SSSR count). The van der Waals surface area contributed by atoms with E-state index in [1.165, 1.54) is 17.3 Å². The van der Waals surface area contributed by atoms with Gasteiger partial charge in [-0.2, -0.15) is 5.10 Å². The molecular weight excluding hydrogens is 265 g/mol. The van der Waals surface area contributed by atoms with E-state index in [4.69, 9.17) is 0 Å². The summed E-state index contributed by atoms with van der Waals surface area (Å²) in [5.41, 5.74) is 5.59. The molecule has 0 bridgehead atoms. The topological polar surface area (TPSA) is 29.9 Å². The van der Waals surface area contributed by atoms with Crippen LogP contribution in [0.4, 0.5) is 4.39 Å². The maximum absolute atomic E-state index is 13.2. The molecule has 1 N–H and O–H groups in total. The van der Waals surface area contributed by atoms with Gasteiger partial charge in [0, 0.05) is 17.8 Å². The molecule has 0 aliphatic carbocycles. The van der Waals surface area contributed by atoms with Gasteiger partial charge in [-0.05, 0) is 57.0 Å². The summed E-state index contributed by atoms with van der Waals surface area (Å²) in [6, 6.07) is 4.93. The fraction of sp³-hybridized carbons (Fsp3) is 0.471. The van der Waals surface area contributed by atoms with E-state index in [-0.39, 0.29) is 5.82 Å². The third-order valence-electron chi connectivity index (χ3n) is 3.88. The fourth-order valence-corrected chi connectivity index (χ4v) is 2.53. The molecule has 3 nitrogen and oxygen atoms in total. The summed E-state index contributed by atoms with van der Waals surface area (Å²) in [5, 5.41) is 8.06. The zero-order valence-corrected chi connectivity index (χ0v) is 13.3. The zero-order valence-electron chi connectivity index (χ0n) is 13.3. The van der Waals surface area contributed by atoms with Crippen LogP contribution < -0.4 is 5.32 Å². The van der Waals surface area contributed by atoms with E-state index in [0.717, 1.165) is 36.3 Å². The minimum Gasteiger partial charge on any atom is -0.313 e. The number of nitrogens with one attached hydrogen (secondary N) is 1. The van der Waals surface area contributed by atoms with Crippen molar-refractivity contribution in [3.8, 4) is 0 Å². The summed E-state index contributed by atoms with van der Waals surface area (Å²) in [7, 11) is 0. The van der Waals surface area contributed by atoms with Gasteiger partial charge in [0.2, 0.25) is 0 Å². The smallest absolute Gasteiger partial charge is 0.123 e. The van der Waals surface area contributed by atoms with Crippen LogP contribution in [0.5, 0.6) is 0 Å². The minimum atomic E-state index is -0.186. The van der Waals surface area contributed by atoms with Gasteiger partial charge in [-0.3, -0.25) is 4.68 Å². The highest BCUT2D eigenvalue weighted by molar-refractivity contribution is 5.29. The van der Waals surface area contributed by atoms with Crippen LogP contribution in [-0.4, -0.2) is 16.3 Å². The fourth-order valence-electron chi connectivity index (χ4n) is 2.53. The molecule has 0 saturated heterocycles. The maximum atomic E-state index is 13.2. The molecule has 0 aliphatic rings. The van der Waals surface area contributed by atoms with Crippen molar-refractivity contribution in [2.45, 2.75) is 47.2 Å². The number of aromatic nitrogens is 2. The van der Waals surface area contributed by atoms with E-state index in [9.17, 15) is 4.39 Å². The number of benzene rings is 1. The number of rotatable bonds is 6. The molecule has 0 amide bonds. The van der Waals surface area contributed by atoms with Crippen molar-refractivity contribution in [2.75, 3.05) is 6.54 Å². The number of hydrogen-bond acceptors (Lipinski definition) is 2. The van der Waals surface area contributed by atoms with Crippen LogP contribution in [0.15, 0.2) is 18.2 Å². The van der Waals surface area contributed by atoms with Gasteiger partial charge in [0.05, 0.1) is 12.2 Å². The quantitative estimate of drug-likeness (QED) is 0.825. The highest BCUT2D eigenvalue weighted by atomic mass is 19.1. The molecule has 21 heavy (non-hydrogen) atoms. The molecule has 0 aliphatic heterocycles. The normalized spacial score (nSPS) is 11.1. The van der Waals surface area contributed by atoms with Crippen molar-refractivity contribution in [2.24, 2.45) is 0 Å². The lowest BCUT2D eigenvalue weighted by Crippen LogP contribution is -2.15. The Morgan fingerprint density at radius 2 is 2.00 bits per heavy atom. The molecule has 2 aromatic rings. The van der Waals surface area contributed by atoms with E-state index in [2.05, 4.69) is 24.3 Å². The van der Waals surface area contributed by atoms with Gasteiger partial charge >= 0.3 is 0 Å². The summed E-state index contributed by atoms with van der Waals surface area (Å²) in [5.74, 6) is -0.186. The van der Waals surface area contributed by atoms with Gasteiger partial charge in [0.15, 0.2) is 0 Å². The molecule has 0 radical (unpaired) electrons. The van der Waals surface area contributed by atoms with Crippen molar-refractivity contribution >= 4 is 0 Å². The summed E-state index contributed by atoms with van der Waals surface area (Å²) in [4.78, 5) is 0. The van der Waals surface area contributed by atoms with Crippen molar-refractivity contribution < 1.29 is 4.39 Å². The lowest BCUT2D eigenvalue weighted by atomic mass is 10.1. The van der Waals surface area contributed by atoms with Crippen LogP contribution in [0.2, 0.25) is 0 Å². The minimum absolute atomic E-state index is 0.186. The lowest BCUT2D eigenvalue weighted by molar-refractivity contribution is 0.619. The lowest BCUT2D eigenvalue weighted by Gasteiger charge is -2.09. The van der Waals surface area contributed by atoms with Gasteiger partial charge in [-0.1, -0.05) is 13.0 Å². The maximum Gasteiger partial charge on any atom is 0.123 e. The molecular formula is C17H24FN3. The van der Waals surface area contributed by atoms with E-state index >= 15 is 0 Å². The average Bonchev–Trinajstić information content (AvgIpc) is 2.69. The standard InChI is InChI=1S/C17H24FN3/c1-5-8-19-10-17-13(3)20-21(14(17)4)11-15-6-7-16(18)9-12(15)2/h6-7,9,19H,5,8,10-11H2,1-4H3. The number of hydrogen-bond donors (Lipinski definition) is 1. The monoisotopic (exact) mass is 289 g/mol. The predicted octanol–water partition coefficient (Wildman–Crippen LogP) is 3.50. The third-order valence-corrected chi connectivity index (χ3v) is 3.88. The average molecular weight is 289 g/mol. The van der Waals surface area contributed by atoms with Crippen LogP contribution >= 0.6 is 0 Å². The Bertz CT molecular complexity index is 617. The Kier molecular flexibility index (Phi) is 5.12. The van der Waals surface area contributed by atoms with Crippen LogP contribution in [0.25, 0.3) is 0 Å². The van der Waals surface area contributed by atoms with Crippen LogP contribution in [0.1, 0.15) is 41.4 Å². The third kappa shape index (κ3) is 3.70. The molecule has 114 valence electrons. The first kappa shape index (κ1) is 15.7. The van der Waals surface area contributed by atoms with Crippen molar-refractivity contribution in [3.63, 3.8) is 0 Å². The van der Waals surface area contributed by atoms with E-state index in [1.807, 2.05) is 24.6 Å². The summed E-state index contributed by atoms with van der Waals surface area (Å²) < 4.78 is 15.2. The highest BCUT2D eigenvalue weighted by Gasteiger charge is 2.12. The largest absolute Gasteiger partial charge is 0.313 e. The highest BCUT2D eigenvalue weighted by Crippen LogP contribution is 2.17. The molecule has 0 atom stereocenters. The molecule has 0 fully saturated rings. The van der Waals surface area contributed by atoms with Gasteiger partial charge in [0.1, 0.15) is 5.82 Å². The van der Waals surface area contributed by atoms with Gasteiger partial charge in [-0.25, -0.2) is 4.39 Å². The van der Waals surface area contributed by atoms with E-state index < -0.39 is 0 Å². The SMILES string of the molecule is CCCNCc1c(C)nn(Cc2ccc(F)cc2C)c1C. The second kappa shape index (κ2) is 6.85. The number of aryl methyl sites for hydroxylation is 2. The Hall–Kier alpha value is -1.68.